The summed E-state index contributed by atoms with van der Waals surface area (Å²) >= 11 is 0. The molecule has 4 rings (SSSR count). The first-order valence-corrected chi connectivity index (χ1v) is 11.2. The SMILES string of the molecule is CCCN(CCC)c1ccc(/C=N\NC(=O)C2COc3cc4ccccc4cc3O2)cc1. The maximum Gasteiger partial charge on any atom is 0.284 e. The van der Waals surface area contributed by atoms with E-state index >= 15 is 0 Å². The fraction of sp³-hybridized carbons (Fsp3) is 0.308. The van der Waals surface area contributed by atoms with Crippen LogP contribution in [0, 0.1) is 0 Å². The molecule has 3 aromatic carbocycles. The first-order chi connectivity index (χ1) is 15.7. The molecule has 1 amide bonds. The zero-order chi connectivity index (χ0) is 22.3. The van der Waals surface area contributed by atoms with Gasteiger partial charge in [-0.2, -0.15) is 5.10 Å². The zero-order valence-corrected chi connectivity index (χ0v) is 18.6. The molecule has 0 aliphatic carbocycles. The van der Waals surface area contributed by atoms with Crippen LogP contribution in [0.3, 0.4) is 0 Å². The normalized spacial score (nSPS) is 15.1. The number of ether oxygens (including phenoxy) is 2. The first kappa shape index (κ1) is 21.7. The Kier molecular flexibility index (Phi) is 6.90. The van der Waals surface area contributed by atoms with Crippen molar-refractivity contribution in [3.8, 4) is 11.5 Å². The van der Waals surface area contributed by atoms with Crippen molar-refractivity contribution in [2.75, 3.05) is 24.6 Å². The van der Waals surface area contributed by atoms with Gasteiger partial charge < -0.3 is 14.4 Å². The summed E-state index contributed by atoms with van der Waals surface area (Å²) in [5, 5.41) is 6.20. The van der Waals surface area contributed by atoms with Crippen LogP contribution >= 0.6 is 0 Å². The van der Waals surface area contributed by atoms with Crippen molar-refractivity contribution in [3.63, 3.8) is 0 Å². The third kappa shape index (κ3) is 5.02. The Bertz CT molecular complexity index is 1090. The van der Waals surface area contributed by atoms with Crippen LogP contribution in [0.25, 0.3) is 10.8 Å². The molecule has 1 atom stereocenters. The largest absolute Gasteiger partial charge is 0.485 e. The Hall–Kier alpha value is -3.54. The summed E-state index contributed by atoms with van der Waals surface area (Å²) in [4.78, 5) is 14.9. The lowest BCUT2D eigenvalue weighted by molar-refractivity contribution is -0.130. The number of hydrazone groups is 1. The molecule has 0 aromatic heterocycles. The van der Waals surface area contributed by atoms with E-state index in [4.69, 9.17) is 9.47 Å². The highest BCUT2D eigenvalue weighted by Gasteiger charge is 2.27. The van der Waals surface area contributed by atoms with Crippen molar-refractivity contribution in [2.24, 2.45) is 5.10 Å². The van der Waals surface area contributed by atoms with Crippen LogP contribution in [0.1, 0.15) is 32.3 Å². The lowest BCUT2D eigenvalue weighted by Gasteiger charge is -2.25. The standard InChI is InChI=1S/C26H29N3O3/c1-3-13-29(14-4-2)22-11-9-19(10-12-22)17-27-28-26(30)25-18-31-23-15-20-7-5-6-8-21(20)16-24(23)32-25/h5-12,15-17,25H,3-4,13-14,18H2,1-2H3,(H,28,30)/b27-17-. The van der Waals surface area contributed by atoms with Crippen LogP contribution in [-0.2, 0) is 4.79 Å². The lowest BCUT2D eigenvalue weighted by Crippen LogP contribution is -2.42. The number of nitrogens with one attached hydrogen (secondary N) is 1. The van der Waals surface area contributed by atoms with Gasteiger partial charge in [0.15, 0.2) is 11.5 Å². The Labute approximate surface area is 188 Å². The maximum absolute atomic E-state index is 12.5. The summed E-state index contributed by atoms with van der Waals surface area (Å²) in [7, 11) is 0. The molecule has 1 N–H and O–H groups in total. The van der Waals surface area contributed by atoms with Crippen molar-refractivity contribution in [1.29, 1.82) is 0 Å². The minimum Gasteiger partial charge on any atom is -0.485 e. The van der Waals surface area contributed by atoms with Crippen molar-refractivity contribution >= 4 is 28.6 Å². The predicted molar refractivity (Wildman–Crippen MR) is 129 cm³/mol. The van der Waals surface area contributed by atoms with Crippen molar-refractivity contribution in [1.82, 2.24) is 5.43 Å². The maximum atomic E-state index is 12.5. The fourth-order valence-electron chi connectivity index (χ4n) is 3.81. The van der Waals surface area contributed by atoms with Crippen LogP contribution in [0.4, 0.5) is 5.69 Å². The van der Waals surface area contributed by atoms with E-state index in [1.165, 1.54) is 5.69 Å². The molecular formula is C26H29N3O3. The van der Waals surface area contributed by atoms with Gasteiger partial charge >= 0.3 is 0 Å². The van der Waals surface area contributed by atoms with E-state index in [9.17, 15) is 4.79 Å². The van der Waals surface area contributed by atoms with Gasteiger partial charge in [0.05, 0.1) is 6.21 Å². The molecule has 166 valence electrons. The molecule has 6 heteroatoms. The number of amides is 1. The molecule has 0 bridgehead atoms. The van der Waals surface area contributed by atoms with E-state index < -0.39 is 6.10 Å². The van der Waals surface area contributed by atoms with Crippen LogP contribution in [0.5, 0.6) is 11.5 Å². The lowest BCUT2D eigenvalue weighted by atomic mass is 10.1. The topological polar surface area (TPSA) is 63.2 Å². The highest BCUT2D eigenvalue weighted by atomic mass is 16.6. The van der Waals surface area contributed by atoms with Gasteiger partial charge in [-0.05, 0) is 53.4 Å². The highest BCUT2D eigenvalue weighted by Crippen LogP contribution is 2.35. The minimum absolute atomic E-state index is 0.145. The third-order valence-electron chi connectivity index (χ3n) is 5.40. The predicted octanol–water partition coefficient (Wildman–Crippen LogP) is 4.76. The molecule has 0 fully saturated rings. The molecule has 6 nitrogen and oxygen atoms in total. The van der Waals surface area contributed by atoms with E-state index in [0.29, 0.717) is 11.5 Å². The first-order valence-electron chi connectivity index (χ1n) is 11.2. The van der Waals surface area contributed by atoms with Gasteiger partial charge in [0.25, 0.3) is 5.91 Å². The van der Waals surface area contributed by atoms with Crippen molar-refractivity contribution in [3.05, 3.63) is 66.2 Å². The summed E-state index contributed by atoms with van der Waals surface area (Å²) < 4.78 is 11.6. The van der Waals surface area contributed by atoms with Gasteiger partial charge in [0, 0.05) is 18.8 Å². The molecule has 1 aliphatic heterocycles. The molecule has 0 radical (unpaired) electrons. The number of fused-ring (bicyclic) bond motifs is 2. The highest BCUT2D eigenvalue weighted by molar-refractivity contribution is 5.88. The average molecular weight is 432 g/mol. The monoisotopic (exact) mass is 431 g/mol. The molecule has 32 heavy (non-hydrogen) atoms. The molecule has 0 saturated heterocycles. The number of anilines is 1. The van der Waals surface area contributed by atoms with E-state index in [0.717, 1.165) is 42.3 Å². The van der Waals surface area contributed by atoms with Gasteiger partial charge in [-0.15, -0.1) is 0 Å². The molecule has 0 spiro atoms. The number of hydrogen-bond donors (Lipinski definition) is 1. The number of hydrogen-bond acceptors (Lipinski definition) is 5. The average Bonchev–Trinajstić information content (AvgIpc) is 2.82. The Morgan fingerprint density at radius 2 is 1.69 bits per heavy atom. The summed E-state index contributed by atoms with van der Waals surface area (Å²) in [6, 6.07) is 20.0. The van der Waals surface area contributed by atoms with E-state index in [-0.39, 0.29) is 12.5 Å². The summed E-state index contributed by atoms with van der Waals surface area (Å²) in [6.45, 7) is 6.61. The van der Waals surface area contributed by atoms with Gasteiger partial charge in [-0.3, -0.25) is 4.79 Å². The second-order valence-electron chi connectivity index (χ2n) is 7.88. The number of benzene rings is 3. The second-order valence-corrected chi connectivity index (χ2v) is 7.88. The number of carbonyl (C=O) groups excluding carboxylic acids is 1. The second kappa shape index (κ2) is 10.2. The number of carbonyl (C=O) groups is 1. The quantitative estimate of drug-likeness (QED) is 0.413. The van der Waals surface area contributed by atoms with E-state index in [1.807, 2.05) is 48.5 Å². The van der Waals surface area contributed by atoms with Crippen LogP contribution < -0.4 is 19.8 Å². The molecule has 1 heterocycles. The zero-order valence-electron chi connectivity index (χ0n) is 18.6. The molecule has 3 aromatic rings. The van der Waals surface area contributed by atoms with Gasteiger partial charge in [-0.1, -0.05) is 50.2 Å². The van der Waals surface area contributed by atoms with E-state index in [2.05, 4.69) is 41.4 Å². The smallest absolute Gasteiger partial charge is 0.284 e. The third-order valence-corrected chi connectivity index (χ3v) is 5.40. The number of rotatable bonds is 8. The van der Waals surface area contributed by atoms with Crippen molar-refractivity contribution in [2.45, 2.75) is 32.8 Å². The number of nitrogens with zero attached hydrogens (tertiary/aromatic N) is 2. The van der Waals surface area contributed by atoms with Gasteiger partial charge in [0.1, 0.15) is 6.61 Å². The van der Waals surface area contributed by atoms with Gasteiger partial charge in [-0.25, -0.2) is 5.43 Å². The Morgan fingerprint density at radius 1 is 1.03 bits per heavy atom. The Morgan fingerprint density at radius 3 is 2.34 bits per heavy atom. The summed E-state index contributed by atoms with van der Waals surface area (Å²) in [6.07, 6.45) is 3.11. The van der Waals surface area contributed by atoms with Crippen LogP contribution in [-0.4, -0.2) is 37.9 Å². The van der Waals surface area contributed by atoms with Gasteiger partial charge in [0.2, 0.25) is 6.10 Å². The van der Waals surface area contributed by atoms with Crippen LogP contribution in [0.15, 0.2) is 65.8 Å². The van der Waals surface area contributed by atoms with E-state index in [1.54, 1.807) is 6.21 Å². The van der Waals surface area contributed by atoms with Crippen molar-refractivity contribution < 1.29 is 14.3 Å². The van der Waals surface area contributed by atoms with Crippen LogP contribution in [0.2, 0.25) is 0 Å². The molecule has 1 unspecified atom stereocenters. The molecule has 1 aliphatic rings. The minimum atomic E-state index is -0.750. The summed E-state index contributed by atoms with van der Waals surface area (Å²) in [5.74, 6) is 0.878. The fourth-order valence-corrected chi connectivity index (χ4v) is 3.81. The summed E-state index contributed by atoms with van der Waals surface area (Å²) in [5.41, 5.74) is 4.68. The Balaban J connectivity index is 1.35. The molecule has 0 saturated carbocycles. The molecular weight excluding hydrogens is 402 g/mol.